The van der Waals surface area contributed by atoms with Crippen molar-refractivity contribution in [2.45, 2.75) is 32.1 Å². The maximum Gasteiger partial charge on any atom is 0.335 e. The van der Waals surface area contributed by atoms with Gasteiger partial charge < -0.3 is 10.8 Å². The standard InChI is InChI=1S/C14H20N2O4S/c15-12-8-11(14(17)18)6-7-13(12)16-21(19,20)9-10-4-2-1-3-5-10/h6-8,10,16H,1-5,9,15H2,(H,17,18). The van der Waals surface area contributed by atoms with Gasteiger partial charge in [0.15, 0.2) is 0 Å². The van der Waals surface area contributed by atoms with Crippen molar-refractivity contribution in [2.75, 3.05) is 16.2 Å². The van der Waals surface area contributed by atoms with Gasteiger partial charge in [0, 0.05) is 0 Å². The van der Waals surface area contributed by atoms with Gasteiger partial charge in [0.1, 0.15) is 0 Å². The number of rotatable bonds is 5. The zero-order valence-electron chi connectivity index (χ0n) is 11.7. The van der Waals surface area contributed by atoms with Crippen molar-refractivity contribution in [3.8, 4) is 0 Å². The zero-order valence-corrected chi connectivity index (χ0v) is 12.5. The summed E-state index contributed by atoms with van der Waals surface area (Å²) in [6, 6.07) is 3.97. The molecular weight excluding hydrogens is 292 g/mol. The maximum atomic E-state index is 12.2. The van der Waals surface area contributed by atoms with E-state index >= 15 is 0 Å². The number of benzene rings is 1. The van der Waals surface area contributed by atoms with E-state index in [0.29, 0.717) is 0 Å². The Hall–Kier alpha value is -1.76. The molecule has 1 aromatic rings. The fourth-order valence-electron chi connectivity index (χ4n) is 2.66. The molecule has 2 rings (SSSR count). The molecule has 1 fully saturated rings. The number of carbonyl (C=O) groups is 1. The summed E-state index contributed by atoms with van der Waals surface area (Å²) in [7, 11) is -3.47. The van der Waals surface area contributed by atoms with Crippen molar-refractivity contribution in [3.63, 3.8) is 0 Å². The molecule has 0 radical (unpaired) electrons. The van der Waals surface area contributed by atoms with Gasteiger partial charge in [-0.15, -0.1) is 0 Å². The van der Waals surface area contributed by atoms with Gasteiger partial charge in [-0.25, -0.2) is 13.2 Å². The fourth-order valence-corrected chi connectivity index (χ4v) is 4.22. The van der Waals surface area contributed by atoms with E-state index in [1.54, 1.807) is 0 Å². The first kappa shape index (κ1) is 15.6. The highest BCUT2D eigenvalue weighted by atomic mass is 32.2. The predicted molar refractivity (Wildman–Crippen MR) is 81.8 cm³/mol. The number of hydrogen-bond donors (Lipinski definition) is 3. The second-order valence-corrected chi connectivity index (χ2v) is 7.26. The van der Waals surface area contributed by atoms with E-state index in [0.717, 1.165) is 25.7 Å². The van der Waals surface area contributed by atoms with Gasteiger partial charge >= 0.3 is 5.97 Å². The van der Waals surface area contributed by atoms with E-state index in [1.807, 2.05) is 0 Å². The average Bonchev–Trinajstić information content (AvgIpc) is 2.41. The first-order valence-electron chi connectivity index (χ1n) is 7.01. The van der Waals surface area contributed by atoms with Crippen LogP contribution in [-0.2, 0) is 10.0 Å². The van der Waals surface area contributed by atoms with E-state index in [-0.39, 0.29) is 28.6 Å². The van der Waals surface area contributed by atoms with Crippen LogP contribution in [0.2, 0.25) is 0 Å². The lowest BCUT2D eigenvalue weighted by Crippen LogP contribution is -2.24. The molecule has 0 aliphatic heterocycles. The second-order valence-electron chi connectivity index (χ2n) is 5.49. The predicted octanol–water partition coefficient (Wildman–Crippen LogP) is 2.29. The maximum absolute atomic E-state index is 12.2. The van der Waals surface area contributed by atoms with Gasteiger partial charge in [0.05, 0.1) is 22.7 Å². The van der Waals surface area contributed by atoms with Gasteiger partial charge in [-0.3, -0.25) is 4.72 Å². The first-order chi connectivity index (χ1) is 9.87. The molecule has 0 heterocycles. The average molecular weight is 312 g/mol. The highest BCUT2D eigenvalue weighted by molar-refractivity contribution is 7.92. The minimum Gasteiger partial charge on any atom is -0.478 e. The van der Waals surface area contributed by atoms with Crippen molar-refractivity contribution in [1.82, 2.24) is 0 Å². The van der Waals surface area contributed by atoms with Crippen LogP contribution in [0.1, 0.15) is 42.5 Å². The number of hydrogen-bond acceptors (Lipinski definition) is 4. The van der Waals surface area contributed by atoms with Crippen LogP contribution in [0.4, 0.5) is 11.4 Å². The van der Waals surface area contributed by atoms with E-state index in [1.165, 1.54) is 24.6 Å². The van der Waals surface area contributed by atoms with Crippen molar-refractivity contribution in [3.05, 3.63) is 23.8 Å². The van der Waals surface area contributed by atoms with E-state index < -0.39 is 16.0 Å². The van der Waals surface area contributed by atoms with E-state index in [9.17, 15) is 13.2 Å². The second kappa shape index (κ2) is 6.34. The quantitative estimate of drug-likeness (QED) is 0.723. The van der Waals surface area contributed by atoms with E-state index in [4.69, 9.17) is 10.8 Å². The molecule has 1 aromatic carbocycles. The summed E-state index contributed by atoms with van der Waals surface area (Å²) in [4.78, 5) is 10.8. The first-order valence-corrected chi connectivity index (χ1v) is 8.66. The fraction of sp³-hybridized carbons (Fsp3) is 0.500. The number of nitrogens with two attached hydrogens (primary N) is 1. The smallest absolute Gasteiger partial charge is 0.335 e. The number of nitrogen functional groups attached to an aromatic ring is 1. The van der Waals surface area contributed by atoms with Gasteiger partial charge in [-0.1, -0.05) is 19.3 Å². The Morgan fingerprint density at radius 3 is 2.52 bits per heavy atom. The van der Waals surface area contributed by atoms with Gasteiger partial charge in [-0.05, 0) is 37.0 Å². The van der Waals surface area contributed by atoms with Crippen LogP contribution in [0.25, 0.3) is 0 Å². The largest absolute Gasteiger partial charge is 0.478 e. The highest BCUT2D eigenvalue weighted by Crippen LogP contribution is 2.27. The summed E-state index contributed by atoms with van der Waals surface area (Å²) in [5, 5.41) is 8.85. The molecule has 0 unspecified atom stereocenters. The Morgan fingerprint density at radius 1 is 1.29 bits per heavy atom. The number of aromatic carboxylic acids is 1. The van der Waals surface area contributed by atoms with Crippen LogP contribution >= 0.6 is 0 Å². The third-order valence-corrected chi connectivity index (χ3v) is 5.18. The Kier molecular flexibility index (Phi) is 4.72. The molecule has 7 heteroatoms. The Bertz CT molecular complexity index is 622. The van der Waals surface area contributed by atoms with Crippen LogP contribution in [0.3, 0.4) is 0 Å². The van der Waals surface area contributed by atoms with Crippen LogP contribution in [-0.4, -0.2) is 25.2 Å². The lowest BCUT2D eigenvalue weighted by Gasteiger charge is -2.21. The van der Waals surface area contributed by atoms with Crippen molar-refractivity contribution >= 4 is 27.4 Å². The SMILES string of the molecule is Nc1cc(C(=O)O)ccc1NS(=O)(=O)CC1CCCCC1. The van der Waals surface area contributed by atoms with Crippen LogP contribution in [0.15, 0.2) is 18.2 Å². The minimum absolute atomic E-state index is 0.0303. The number of sulfonamides is 1. The minimum atomic E-state index is -3.47. The molecule has 6 nitrogen and oxygen atoms in total. The number of nitrogens with one attached hydrogen (secondary N) is 1. The van der Waals surface area contributed by atoms with Crippen molar-refractivity contribution < 1.29 is 18.3 Å². The zero-order chi connectivity index (χ0) is 15.5. The normalized spacial score (nSPS) is 16.6. The van der Waals surface area contributed by atoms with E-state index in [2.05, 4.69) is 4.72 Å². The molecule has 0 amide bonds. The number of carboxylic acid groups (broad SMARTS) is 1. The molecule has 116 valence electrons. The van der Waals surface area contributed by atoms with Crippen LogP contribution < -0.4 is 10.5 Å². The molecule has 0 bridgehead atoms. The molecular formula is C14H20N2O4S. The molecule has 4 N–H and O–H groups in total. The number of carboxylic acids is 1. The van der Waals surface area contributed by atoms with Crippen molar-refractivity contribution in [2.24, 2.45) is 5.92 Å². The van der Waals surface area contributed by atoms with Crippen LogP contribution in [0.5, 0.6) is 0 Å². The topological polar surface area (TPSA) is 109 Å². The summed E-state index contributed by atoms with van der Waals surface area (Å²) in [6.45, 7) is 0. The van der Waals surface area contributed by atoms with Gasteiger partial charge in [0.25, 0.3) is 0 Å². The van der Waals surface area contributed by atoms with Gasteiger partial charge in [0.2, 0.25) is 10.0 Å². The summed E-state index contributed by atoms with van der Waals surface area (Å²) in [5.74, 6) is -0.818. The van der Waals surface area contributed by atoms with Crippen molar-refractivity contribution in [1.29, 1.82) is 0 Å². The summed E-state index contributed by atoms with van der Waals surface area (Å²) >= 11 is 0. The Morgan fingerprint density at radius 2 is 1.95 bits per heavy atom. The molecule has 0 spiro atoms. The highest BCUT2D eigenvalue weighted by Gasteiger charge is 2.22. The third kappa shape index (κ3) is 4.35. The monoisotopic (exact) mass is 312 g/mol. The number of anilines is 2. The molecule has 1 aliphatic rings. The van der Waals surface area contributed by atoms with Gasteiger partial charge in [-0.2, -0.15) is 0 Å². The molecule has 0 atom stereocenters. The lowest BCUT2D eigenvalue weighted by molar-refractivity contribution is 0.0697. The summed E-state index contributed by atoms with van der Waals surface area (Å²) in [6.07, 6.45) is 5.21. The molecule has 0 saturated heterocycles. The Balaban J connectivity index is 2.07. The van der Waals surface area contributed by atoms with Crippen LogP contribution in [0, 0.1) is 5.92 Å². The molecule has 0 aromatic heterocycles. The molecule has 1 saturated carbocycles. The third-order valence-electron chi connectivity index (χ3n) is 3.74. The molecule has 1 aliphatic carbocycles. The lowest BCUT2D eigenvalue weighted by atomic mass is 9.91. The Labute approximate surface area is 124 Å². The molecule has 21 heavy (non-hydrogen) atoms. The summed E-state index contributed by atoms with van der Waals surface area (Å²) in [5.41, 5.74) is 6.08. The summed E-state index contributed by atoms with van der Waals surface area (Å²) < 4.78 is 26.8.